The Morgan fingerprint density at radius 1 is 1.12 bits per heavy atom. The number of H-pyrrole nitrogens is 1. The Morgan fingerprint density at radius 2 is 1.84 bits per heavy atom. The van der Waals surface area contributed by atoms with Crippen molar-refractivity contribution in [3.8, 4) is 0 Å². The Balaban J connectivity index is 1.54. The predicted octanol–water partition coefficient (Wildman–Crippen LogP) is 3.63. The lowest BCUT2D eigenvalue weighted by Crippen LogP contribution is -2.39. The van der Waals surface area contributed by atoms with Gasteiger partial charge < -0.3 is 15.0 Å². The number of nitrogens with one attached hydrogen (secondary N) is 1. The van der Waals surface area contributed by atoms with Crippen molar-refractivity contribution in [2.45, 2.75) is 57.9 Å². The van der Waals surface area contributed by atoms with Gasteiger partial charge in [0.05, 0.1) is 28.7 Å². The van der Waals surface area contributed by atoms with Crippen LogP contribution in [0.3, 0.4) is 0 Å². The fraction of sp³-hybridized carbons (Fsp3) is 0.500. The minimum absolute atomic E-state index is 0.0375. The summed E-state index contributed by atoms with van der Waals surface area (Å²) in [6.45, 7) is 3.02. The van der Waals surface area contributed by atoms with E-state index in [0.29, 0.717) is 36.9 Å². The molecule has 1 saturated heterocycles. The molecular weight excluding hydrogens is 408 g/mol. The van der Waals surface area contributed by atoms with Crippen LogP contribution in [0.2, 0.25) is 0 Å². The van der Waals surface area contributed by atoms with Gasteiger partial charge >= 0.3 is 5.97 Å². The monoisotopic (exact) mass is 436 g/mol. The van der Waals surface area contributed by atoms with E-state index in [-0.39, 0.29) is 29.8 Å². The zero-order valence-corrected chi connectivity index (χ0v) is 18.3. The molecule has 0 bridgehead atoms. The third kappa shape index (κ3) is 3.57. The second-order valence-corrected chi connectivity index (χ2v) is 9.29. The maximum Gasteiger partial charge on any atom is 0.303 e. The molecular formula is C24H28N4O4. The number of benzene rings is 1. The first-order chi connectivity index (χ1) is 15.4. The average Bonchev–Trinajstić information content (AvgIpc) is 3.43. The molecule has 1 aliphatic heterocycles. The zero-order chi connectivity index (χ0) is 22.4. The van der Waals surface area contributed by atoms with Crippen molar-refractivity contribution in [3.63, 3.8) is 0 Å². The largest absolute Gasteiger partial charge is 0.481 e. The van der Waals surface area contributed by atoms with Gasteiger partial charge in [-0.05, 0) is 56.2 Å². The lowest BCUT2D eigenvalue weighted by Gasteiger charge is -2.31. The van der Waals surface area contributed by atoms with Crippen molar-refractivity contribution in [2.24, 2.45) is 5.92 Å². The van der Waals surface area contributed by atoms with Gasteiger partial charge in [-0.1, -0.05) is 12.8 Å². The smallest absolute Gasteiger partial charge is 0.303 e. The molecule has 1 aliphatic carbocycles. The average molecular weight is 437 g/mol. The van der Waals surface area contributed by atoms with Crippen molar-refractivity contribution in [1.29, 1.82) is 0 Å². The van der Waals surface area contributed by atoms with Crippen molar-refractivity contribution in [3.05, 3.63) is 39.8 Å². The molecule has 32 heavy (non-hydrogen) atoms. The Bertz CT molecular complexity index is 1260. The highest BCUT2D eigenvalue weighted by atomic mass is 16.4. The van der Waals surface area contributed by atoms with Gasteiger partial charge in [0.25, 0.3) is 11.5 Å². The first-order valence-electron chi connectivity index (χ1n) is 11.5. The topological polar surface area (TPSA) is 108 Å². The van der Waals surface area contributed by atoms with E-state index in [0.717, 1.165) is 47.7 Å². The summed E-state index contributed by atoms with van der Waals surface area (Å²) in [6, 6.07) is 4.07. The molecule has 0 radical (unpaired) electrons. The van der Waals surface area contributed by atoms with Gasteiger partial charge in [0, 0.05) is 30.5 Å². The van der Waals surface area contributed by atoms with Crippen LogP contribution < -0.4 is 5.56 Å². The quantitative estimate of drug-likeness (QED) is 0.649. The maximum atomic E-state index is 13.4. The van der Waals surface area contributed by atoms with Gasteiger partial charge in [0.1, 0.15) is 0 Å². The molecule has 168 valence electrons. The number of aromatic nitrogens is 3. The van der Waals surface area contributed by atoms with E-state index in [9.17, 15) is 14.4 Å². The number of rotatable bonds is 4. The van der Waals surface area contributed by atoms with Gasteiger partial charge in [-0.3, -0.25) is 19.1 Å². The summed E-state index contributed by atoms with van der Waals surface area (Å²) in [6.07, 6.45) is 7.63. The molecule has 0 unspecified atom stereocenters. The van der Waals surface area contributed by atoms with Gasteiger partial charge in [-0.2, -0.15) is 5.10 Å². The summed E-state index contributed by atoms with van der Waals surface area (Å²) in [5.74, 6) is -0.693. The Hall–Kier alpha value is -3.16. The molecule has 0 atom stereocenters. The predicted molar refractivity (Wildman–Crippen MR) is 121 cm³/mol. The first-order valence-corrected chi connectivity index (χ1v) is 11.5. The molecule has 1 amide bonds. The molecule has 2 aromatic heterocycles. The van der Waals surface area contributed by atoms with E-state index in [1.807, 2.05) is 28.6 Å². The van der Waals surface area contributed by atoms with Crippen LogP contribution in [0.15, 0.2) is 23.1 Å². The van der Waals surface area contributed by atoms with Crippen LogP contribution >= 0.6 is 0 Å². The molecule has 2 N–H and O–H groups in total. The van der Waals surface area contributed by atoms with E-state index in [4.69, 9.17) is 5.11 Å². The first kappa shape index (κ1) is 20.7. The molecule has 2 fully saturated rings. The number of carboxylic acid groups (broad SMARTS) is 1. The van der Waals surface area contributed by atoms with Crippen LogP contribution in [-0.2, 0) is 4.79 Å². The molecule has 3 aromatic rings. The molecule has 8 heteroatoms. The molecule has 0 spiro atoms. The highest BCUT2D eigenvalue weighted by Gasteiger charge is 2.27. The number of likely N-dealkylation sites (tertiary alicyclic amines) is 1. The highest BCUT2D eigenvalue weighted by molar-refractivity contribution is 6.07. The molecule has 5 rings (SSSR count). The number of carbonyl (C=O) groups excluding carboxylic acids is 1. The number of nitrogens with zero attached hydrogens (tertiary/aromatic N) is 3. The highest BCUT2D eigenvalue weighted by Crippen LogP contribution is 2.34. The number of fused-ring (bicyclic) bond motifs is 3. The summed E-state index contributed by atoms with van der Waals surface area (Å²) < 4.78 is 1.99. The third-order valence-electron chi connectivity index (χ3n) is 7.17. The van der Waals surface area contributed by atoms with Crippen LogP contribution in [0.5, 0.6) is 0 Å². The fourth-order valence-electron chi connectivity index (χ4n) is 5.41. The summed E-state index contributed by atoms with van der Waals surface area (Å²) in [5.41, 5.74) is 2.82. The van der Waals surface area contributed by atoms with Crippen LogP contribution in [0.4, 0.5) is 0 Å². The lowest BCUT2D eigenvalue weighted by atomic mass is 9.93. The van der Waals surface area contributed by atoms with Gasteiger partial charge in [0.2, 0.25) is 0 Å². The standard InChI is InChI=1S/C24H28N4O4/c1-14-10-20-18(12-17(14)24(32)27-8-6-15(7-9-27)11-21(29)30)22-19(23(31)26-20)13-25-28(22)16-4-2-3-5-16/h10,12-13,15-16H,2-9,11H2,1H3,(H,26,31)(H,29,30). The van der Waals surface area contributed by atoms with E-state index < -0.39 is 5.97 Å². The zero-order valence-electron chi connectivity index (χ0n) is 18.3. The lowest BCUT2D eigenvalue weighted by molar-refractivity contribution is -0.138. The molecule has 8 nitrogen and oxygen atoms in total. The third-order valence-corrected chi connectivity index (χ3v) is 7.17. The number of amides is 1. The number of aliphatic carboxylic acids is 1. The summed E-state index contributed by atoms with van der Waals surface area (Å²) >= 11 is 0. The molecule has 1 aromatic carbocycles. The second kappa shape index (κ2) is 8.07. The van der Waals surface area contributed by atoms with Crippen molar-refractivity contribution >= 4 is 33.7 Å². The second-order valence-electron chi connectivity index (χ2n) is 9.29. The molecule has 3 heterocycles. The number of carboxylic acids is 1. The van der Waals surface area contributed by atoms with Gasteiger partial charge in [-0.25, -0.2) is 0 Å². The SMILES string of the molecule is Cc1cc2[nH]c(=O)c3cnn(C4CCCC4)c3c2cc1C(=O)N1CCC(CC(=O)O)CC1. The van der Waals surface area contributed by atoms with E-state index >= 15 is 0 Å². The minimum atomic E-state index is -0.781. The Morgan fingerprint density at radius 3 is 2.53 bits per heavy atom. The minimum Gasteiger partial charge on any atom is -0.481 e. The normalized spacial score (nSPS) is 18.1. The van der Waals surface area contributed by atoms with E-state index in [1.165, 1.54) is 0 Å². The van der Waals surface area contributed by atoms with E-state index in [1.54, 1.807) is 6.20 Å². The van der Waals surface area contributed by atoms with Crippen LogP contribution in [0.25, 0.3) is 21.8 Å². The van der Waals surface area contributed by atoms with Crippen LogP contribution in [-0.4, -0.2) is 49.7 Å². The van der Waals surface area contributed by atoms with Gasteiger partial charge in [-0.15, -0.1) is 0 Å². The molecule has 2 aliphatic rings. The number of pyridine rings is 1. The Kier molecular flexibility index (Phi) is 5.23. The van der Waals surface area contributed by atoms with E-state index in [2.05, 4.69) is 10.1 Å². The number of hydrogen-bond acceptors (Lipinski definition) is 4. The Labute approximate surface area is 185 Å². The van der Waals surface area contributed by atoms with Crippen molar-refractivity contribution < 1.29 is 14.7 Å². The maximum absolute atomic E-state index is 13.4. The molecule has 1 saturated carbocycles. The number of aromatic amines is 1. The number of piperidine rings is 1. The summed E-state index contributed by atoms with van der Waals surface area (Å²) in [7, 11) is 0. The number of carbonyl (C=O) groups is 2. The van der Waals surface area contributed by atoms with Crippen LogP contribution in [0.1, 0.15) is 66.9 Å². The fourth-order valence-corrected chi connectivity index (χ4v) is 5.41. The van der Waals surface area contributed by atoms with Gasteiger partial charge in [0.15, 0.2) is 0 Å². The van der Waals surface area contributed by atoms with Crippen molar-refractivity contribution in [2.75, 3.05) is 13.1 Å². The summed E-state index contributed by atoms with van der Waals surface area (Å²) in [4.78, 5) is 41.8. The number of aryl methyl sites for hydroxylation is 1. The number of hydrogen-bond donors (Lipinski definition) is 2. The summed E-state index contributed by atoms with van der Waals surface area (Å²) in [5, 5.41) is 15.0. The van der Waals surface area contributed by atoms with Crippen LogP contribution in [0, 0.1) is 12.8 Å². The van der Waals surface area contributed by atoms with Crippen molar-refractivity contribution in [1.82, 2.24) is 19.7 Å².